The maximum atomic E-state index is 2.59. The summed E-state index contributed by atoms with van der Waals surface area (Å²) < 4.78 is 7.56. The highest BCUT2D eigenvalue weighted by atomic mass is 28.3. The molecular formula is C66H45N3Si. The van der Waals surface area contributed by atoms with E-state index in [0.717, 1.165) is 28.0 Å². The average Bonchev–Trinajstić information content (AvgIpc) is 4.09. The number of hydrogen-bond donors (Lipinski definition) is 0. The predicted octanol–water partition coefficient (Wildman–Crippen LogP) is 14.0. The van der Waals surface area contributed by atoms with Crippen LogP contribution in [0, 0.1) is 0 Å². The molecule has 0 aliphatic heterocycles. The molecule has 3 aromatic heterocycles. The van der Waals surface area contributed by atoms with Crippen LogP contribution in [-0.4, -0.2) is 21.8 Å². The predicted molar refractivity (Wildman–Crippen MR) is 299 cm³/mol. The Morgan fingerprint density at radius 3 is 1.21 bits per heavy atom. The van der Waals surface area contributed by atoms with Crippen LogP contribution in [0.4, 0.5) is 0 Å². The Morgan fingerprint density at radius 1 is 0.257 bits per heavy atom. The van der Waals surface area contributed by atoms with E-state index >= 15 is 0 Å². The van der Waals surface area contributed by atoms with Gasteiger partial charge in [-0.05, 0) is 86.5 Å². The average molecular weight is 908 g/mol. The zero-order valence-corrected chi connectivity index (χ0v) is 39.3. The summed E-state index contributed by atoms with van der Waals surface area (Å²) in [5.74, 6) is 0. The van der Waals surface area contributed by atoms with Crippen LogP contribution in [-0.2, 0) is 0 Å². The van der Waals surface area contributed by atoms with Crippen LogP contribution in [0.3, 0.4) is 0 Å². The molecule has 0 aliphatic rings. The summed E-state index contributed by atoms with van der Waals surface area (Å²) in [5, 5.41) is 12.8. The van der Waals surface area contributed by atoms with Gasteiger partial charge < -0.3 is 13.7 Å². The molecule has 0 fully saturated rings. The van der Waals surface area contributed by atoms with Crippen molar-refractivity contribution in [2.75, 3.05) is 0 Å². The number of para-hydroxylation sites is 5. The number of aromatic nitrogens is 3. The van der Waals surface area contributed by atoms with Crippen molar-refractivity contribution in [2.45, 2.75) is 0 Å². The fourth-order valence-electron chi connectivity index (χ4n) is 11.9. The van der Waals surface area contributed by atoms with Crippen LogP contribution in [0.5, 0.6) is 0 Å². The summed E-state index contributed by atoms with van der Waals surface area (Å²) in [6.07, 6.45) is 0. The SMILES string of the molecule is c1ccc(-c2cc(-n3c4ccccc4c4c(-n5c6ccccc6c6ccccc65)cccc43)cc(-n3c4ccccc4c4cccc([Si](c5ccccc5)(c5ccccc5)c5ccccc5)c43)c2)cc1. The number of rotatable bonds is 8. The zero-order chi connectivity index (χ0) is 46.2. The van der Waals surface area contributed by atoms with E-state index < -0.39 is 8.07 Å². The third kappa shape index (κ3) is 5.94. The highest BCUT2D eigenvalue weighted by Crippen LogP contribution is 2.42. The number of benzene rings is 11. The van der Waals surface area contributed by atoms with Gasteiger partial charge in [0, 0.05) is 43.7 Å². The van der Waals surface area contributed by atoms with Crippen LogP contribution in [0.1, 0.15) is 0 Å². The molecule has 0 amide bonds. The molecule has 70 heavy (non-hydrogen) atoms. The van der Waals surface area contributed by atoms with Crippen molar-refractivity contribution in [1.82, 2.24) is 13.7 Å². The van der Waals surface area contributed by atoms with Crippen LogP contribution in [0.2, 0.25) is 0 Å². The van der Waals surface area contributed by atoms with Crippen molar-refractivity contribution >= 4 is 94.2 Å². The maximum Gasteiger partial charge on any atom is 0.181 e. The molecule has 0 bridgehead atoms. The van der Waals surface area contributed by atoms with E-state index in [4.69, 9.17) is 0 Å². The van der Waals surface area contributed by atoms with E-state index in [-0.39, 0.29) is 0 Å². The Labute approximate surface area is 407 Å². The molecule has 0 aliphatic carbocycles. The Balaban J connectivity index is 1.11. The highest BCUT2D eigenvalue weighted by molar-refractivity contribution is 7.20. The molecule has 0 saturated carbocycles. The maximum absolute atomic E-state index is 3.01. The molecule has 14 rings (SSSR count). The van der Waals surface area contributed by atoms with Crippen molar-refractivity contribution in [2.24, 2.45) is 0 Å². The van der Waals surface area contributed by atoms with Gasteiger partial charge in [0.25, 0.3) is 0 Å². The first-order chi connectivity index (χ1) is 34.8. The molecular weight excluding hydrogens is 863 g/mol. The Kier molecular flexibility index (Phi) is 9.23. The second kappa shape index (κ2) is 16.1. The van der Waals surface area contributed by atoms with E-state index in [1.807, 2.05) is 0 Å². The first kappa shape index (κ1) is 40.1. The Hall–Kier alpha value is -8.96. The third-order valence-electron chi connectivity index (χ3n) is 14.7. The summed E-state index contributed by atoms with van der Waals surface area (Å²) in [6, 6.07) is 102. The topological polar surface area (TPSA) is 14.8 Å². The van der Waals surface area contributed by atoms with E-state index in [9.17, 15) is 0 Å². The molecule has 0 unspecified atom stereocenters. The van der Waals surface area contributed by atoms with Gasteiger partial charge in [-0.3, -0.25) is 0 Å². The molecule has 0 spiro atoms. The Morgan fingerprint density at radius 2 is 0.657 bits per heavy atom. The summed E-state index contributed by atoms with van der Waals surface area (Å²) in [7, 11) is -3.01. The van der Waals surface area contributed by atoms with Crippen LogP contribution in [0.15, 0.2) is 273 Å². The lowest BCUT2D eigenvalue weighted by atomic mass is 10.0. The molecule has 3 nitrogen and oxygen atoms in total. The molecule has 14 aromatic rings. The molecule has 0 radical (unpaired) electrons. The van der Waals surface area contributed by atoms with Crippen molar-refractivity contribution < 1.29 is 0 Å². The van der Waals surface area contributed by atoms with Gasteiger partial charge in [0.15, 0.2) is 8.07 Å². The molecule has 0 atom stereocenters. The number of nitrogens with zero attached hydrogens (tertiary/aromatic N) is 3. The van der Waals surface area contributed by atoms with E-state index in [1.165, 1.54) is 86.4 Å². The van der Waals surface area contributed by atoms with Crippen molar-refractivity contribution in [1.29, 1.82) is 0 Å². The quantitative estimate of drug-likeness (QED) is 0.107. The molecule has 3 heterocycles. The molecule has 4 heteroatoms. The van der Waals surface area contributed by atoms with E-state index in [0.29, 0.717) is 0 Å². The van der Waals surface area contributed by atoms with Crippen LogP contribution >= 0.6 is 0 Å². The van der Waals surface area contributed by atoms with Gasteiger partial charge in [0.2, 0.25) is 0 Å². The van der Waals surface area contributed by atoms with Crippen LogP contribution < -0.4 is 20.7 Å². The Bertz CT molecular complexity index is 4130. The number of fused-ring (bicyclic) bond motifs is 9. The van der Waals surface area contributed by atoms with Gasteiger partial charge in [-0.25, -0.2) is 0 Å². The normalized spacial score (nSPS) is 12.0. The lowest BCUT2D eigenvalue weighted by molar-refractivity contribution is 1.13. The van der Waals surface area contributed by atoms with Crippen molar-refractivity contribution in [3.05, 3.63) is 273 Å². The standard InChI is InChI=1S/C66H45N3Si/c1-5-23-46(24-6-1)47-43-48(67-61-39-20-16-34-57(61)65-62(67)40-22-41-63(65)69-59-37-18-13-31-53(59)54-32-14-19-38-60(54)69)45-49(44-47)68-58-36-17-15-33-55(58)56-35-21-42-64(66(56)68)70(50-25-7-2-8-26-50,51-27-9-3-10-28-51)52-29-11-4-12-30-52/h1-45H. The minimum absolute atomic E-state index is 1.10. The van der Waals surface area contributed by atoms with Crippen molar-refractivity contribution in [3.63, 3.8) is 0 Å². The number of hydrogen-bond acceptors (Lipinski definition) is 0. The minimum atomic E-state index is -3.01. The van der Waals surface area contributed by atoms with Crippen LogP contribution in [0.25, 0.3) is 93.6 Å². The second-order valence-electron chi connectivity index (χ2n) is 18.4. The van der Waals surface area contributed by atoms with Crippen molar-refractivity contribution in [3.8, 4) is 28.2 Å². The molecule has 328 valence electrons. The molecule has 0 saturated heterocycles. The zero-order valence-electron chi connectivity index (χ0n) is 38.3. The first-order valence-corrected chi connectivity index (χ1v) is 26.2. The van der Waals surface area contributed by atoms with Gasteiger partial charge in [0.1, 0.15) is 0 Å². The first-order valence-electron chi connectivity index (χ1n) is 24.2. The smallest absolute Gasteiger partial charge is 0.181 e. The highest BCUT2D eigenvalue weighted by Gasteiger charge is 2.43. The largest absolute Gasteiger partial charge is 0.309 e. The summed E-state index contributed by atoms with van der Waals surface area (Å²) >= 11 is 0. The van der Waals surface area contributed by atoms with Gasteiger partial charge >= 0.3 is 0 Å². The minimum Gasteiger partial charge on any atom is -0.309 e. The molecule has 0 N–H and O–H groups in total. The van der Waals surface area contributed by atoms with E-state index in [2.05, 4.69) is 287 Å². The fraction of sp³-hybridized carbons (Fsp3) is 0. The van der Waals surface area contributed by atoms with Gasteiger partial charge in [-0.2, -0.15) is 0 Å². The van der Waals surface area contributed by atoms with Gasteiger partial charge in [0.05, 0.1) is 38.8 Å². The monoisotopic (exact) mass is 907 g/mol. The second-order valence-corrected chi connectivity index (χ2v) is 22.2. The molecule has 11 aromatic carbocycles. The summed E-state index contributed by atoms with van der Waals surface area (Å²) in [5.41, 5.74) is 12.8. The third-order valence-corrected chi connectivity index (χ3v) is 19.6. The summed E-state index contributed by atoms with van der Waals surface area (Å²) in [6.45, 7) is 0. The lowest BCUT2D eigenvalue weighted by Crippen LogP contribution is -2.75. The van der Waals surface area contributed by atoms with Gasteiger partial charge in [-0.15, -0.1) is 0 Å². The summed E-state index contributed by atoms with van der Waals surface area (Å²) in [4.78, 5) is 0. The fourth-order valence-corrected chi connectivity index (χ4v) is 16.9. The van der Waals surface area contributed by atoms with E-state index in [1.54, 1.807) is 0 Å². The lowest BCUT2D eigenvalue weighted by Gasteiger charge is -2.35. The van der Waals surface area contributed by atoms with Gasteiger partial charge in [-0.1, -0.05) is 218 Å².